The van der Waals surface area contributed by atoms with E-state index in [1.54, 1.807) is 13.4 Å². The number of likely N-dealkylation sites (N-methyl/N-ethyl adjacent to an activating group) is 1. The molecule has 1 aliphatic carbocycles. The summed E-state index contributed by atoms with van der Waals surface area (Å²) in [6.07, 6.45) is 2.82. The minimum atomic E-state index is 0.190. The van der Waals surface area contributed by atoms with Gasteiger partial charge in [0.1, 0.15) is 12.1 Å². The van der Waals surface area contributed by atoms with Gasteiger partial charge in [-0.2, -0.15) is 0 Å². The van der Waals surface area contributed by atoms with E-state index in [-0.39, 0.29) is 5.41 Å². The lowest BCUT2D eigenvalue weighted by atomic mass is 9.87. The molecule has 1 aromatic heterocycles. The van der Waals surface area contributed by atoms with Gasteiger partial charge >= 0.3 is 0 Å². The first-order valence-electron chi connectivity index (χ1n) is 8.05. The summed E-state index contributed by atoms with van der Waals surface area (Å²) in [4.78, 5) is 10.9. The summed E-state index contributed by atoms with van der Waals surface area (Å²) in [6.45, 7) is 6.17. The number of benzene rings is 1. The third-order valence-corrected chi connectivity index (χ3v) is 5.14. The predicted octanol–water partition coefficient (Wildman–Crippen LogP) is 3.43. The van der Waals surface area contributed by atoms with Gasteiger partial charge in [-0.1, -0.05) is 44.2 Å². The van der Waals surface area contributed by atoms with Gasteiger partial charge in [-0.25, -0.2) is 9.97 Å². The smallest absolute Gasteiger partial charge is 0.132 e. The molecule has 1 atom stereocenters. The maximum absolute atomic E-state index is 5.17. The molecule has 0 N–H and O–H groups in total. The Balaban J connectivity index is 1.83. The Morgan fingerprint density at radius 2 is 1.87 bits per heavy atom. The molecule has 1 aliphatic rings. The number of anilines is 1. The molecule has 4 nitrogen and oxygen atoms in total. The van der Waals surface area contributed by atoms with Gasteiger partial charge in [0.15, 0.2) is 0 Å². The summed E-state index contributed by atoms with van der Waals surface area (Å²) in [6, 6.07) is 12.9. The van der Waals surface area contributed by atoms with E-state index in [9.17, 15) is 0 Å². The zero-order chi connectivity index (χ0) is 16.5. The average Bonchev–Trinajstić information content (AvgIpc) is 3.11. The molecule has 1 fully saturated rings. The molecule has 0 unspecified atom stereocenters. The predicted molar refractivity (Wildman–Crippen MR) is 92.5 cm³/mol. The van der Waals surface area contributed by atoms with Gasteiger partial charge in [-0.15, -0.1) is 0 Å². The number of methoxy groups -OCH3 is 1. The number of ether oxygens (including phenoxy) is 1. The van der Waals surface area contributed by atoms with E-state index >= 15 is 0 Å². The molecular formula is C19H25N3O. The molecule has 1 saturated carbocycles. The van der Waals surface area contributed by atoms with E-state index in [4.69, 9.17) is 4.74 Å². The van der Waals surface area contributed by atoms with Gasteiger partial charge in [0.2, 0.25) is 0 Å². The Bertz CT molecular complexity index is 671. The van der Waals surface area contributed by atoms with Gasteiger partial charge < -0.3 is 9.64 Å². The fraction of sp³-hybridized carbons (Fsp3) is 0.474. The zero-order valence-corrected chi connectivity index (χ0v) is 14.4. The summed E-state index contributed by atoms with van der Waals surface area (Å²) in [5, 5.41) is 0. The zero-order valence-electron chi connectivity index (χ0n) is 14.4. The van der Waals surface area contributed by atoms with Crippen LogP contribution in [-0.4, -0.2) is 30.7 Å². The van der Waals surface area contributed by atoms with Crippen molar-refractivity contribution in [1.29, 1.82) is 0 Å². The Hall–Kier alpha value is -1.94. The van der Waals surface area contributed by atoms with Crippen LogP contribution in [0.25, 0.3) is 0 Å². The largest absolute Gasteiger partial charge is 0.378 e. The molecule has 1 aromatic carbocycles. The van der Waals surface area contributed by atoms with E-state index in [1.807, 2.05) is 6.07 Å². The monoisotopic (exact) mass is 311 g/mol. The molecule has 0 bridgehead atoms. The fourth-order valence-corrected chi connectivity index (χ4v) is 3.63. The van der Waals surface area contributed by atoms with Crippen molar-refractivity contribution >= 4 is 5.82 Å². The quantitative estimate of drug-likeness (QED) is 0.819. The summed E-state index contributed by atoms with van der Waals surface area (Å²) in [5.74, 6) is 0.949. The van der Waals surface area contributed by atoms with E-state index in [0.717, 1.165) is 18.1 Å². The van der Waals surface area contributed by atoms with Crippen LogP contribution < -0.4 is 4.90 Å². The molecule has 2 aromatic rings. The topological polar surface area (TPSA) is 38.2 Å². The molecule has 4 heteroatoms. The molecule has 1 heterocycles. The average molecular weight is 311 g/mol. The number of hydrogen-bond acceptors (Lipinski definition) is 4. The van der Waals surface area contributed by atoms with Crippen LogP contribution in [-0.2, 0) is 16.8 Å². The highest BCUT2D eigenvalue weighted by molar-refractivity contribution is 5.45. The molecule has 23 heavy (non-hydrogen) atoms. The Kier molecular flexibility index (Phi) is 4.11. The third kappa shape index (κ3) is 2.95. The summed E-state index contributed by atoms with van der Waals surface area (Å²) >= 11 is 0. The van der Waals surface area contributed by atoms with Crippen LogP contribution in [0, 0.1) is 5.41 Å². The van der Waals surface area contributed by atoms with Crippen molar-refractivity contribution in [3.63, 3.8) is 0 Å². The summed E-state index contributed by atoms with van der Waals surface area (Å²) in [7, 11) is 3.79. The second kappa shape index (κ2) is 5.93. The lowest BCUT2D eigenvalue weighted by Crippen LogP contribution is -2.33. The van der Waals surface area contributed by atoms with Crippen LogP contribution >= 0.6 is 0 Å². The normalized spacial score (nSPS) is 21.9. The van der Waals surface area contributed by atoms with E-state index in [1.165, 1.54) is 12.0 Å². The molecule has 0 amide bonds. The van der Waals surface area contributed by atoms with Gasteiger partial charge in [-0.3, -0.25) is 0 Å². The highest BCUT2D eigenvalue weighted by Crippen LogP contribution is 2.64. The Morgan fingerprint density at radius 3 is 2.48 bits per heavy atom. The van der Waals surface area contributed by atoms with Crippen molar-refractivity contribution < 1.29 is 4.74 Å². The van der Waals surface area contributed by atoms with Gasteiger partial charge in [0.05, 0.1) is 12.3 Å². The number of nitrogens with zero attached hydrogens (tertiary/aromatic N) is 3. The second-order valence-corrected chi connectivity index (χ2v) is 7.17. The second-order valence-electron chi connectivity index (χ2n) is 7.17. The SMILES string of the molecule is COCc1cc(N(C)C[C@]2(c3ccccc3)CC2(C)C)ncn1. The van der Waals surface area contributed by atoms with E-state index in [2.05, 4.69) is 66.1 Å². The molecule has 0 radical (unpaired) electrons. The van der Waals surface area contributed by atoms with Crippen LogP contribution in [0.1, 0.15) is 31.5 Å². The number of hydrogen-bond donors (Lipinski definition) is 0. The molecule has 0 spiro atoms. The van der Waals surface area contributed by atoms with Crippen LogP contribution in [0.4, 0.5) is 5.82 Å². The molecule has 122 valence electrons. The van der Waals surface area contributed by atoms with Gasteiger partial charge in [-0.05, 0) is 17.4 Å². The lowest BCUT2D eigenvalue weighted by molar-refractivity contribution is 0.181. The Labute approximate surface area is 138 Å². The van der Waals surface area contributed by atoms with E-state index < -0.39 is 0 Å². The lowest BCUT2D eigenvalue weighted by Gasteiger charge is -2.28. The van der Waals surface area contributed by atoms with Crippen molar-refractivity contribution in [1.82, 2.24) is 9.97 Å². The van der Waals surface area contributed by atoms with Crippen molar-refractivity contribution in [3.8, 4) is 0 Å². The standard InChI is InChI=1S/C19H25N3O/c1-18(2)12-19(18,15-8-6-5-7-9-15)13-22(3)17-10-16(11-23-4)20-14-21-17/h5-10,14H,11-13H2,1-4H3/t19-/m0/s1. The Morgan fingerprint density at radius 1 is 1.17 bits per heavy atom. The maximum Gasteiger partial charge on any atom is 0.132 e. The first-order valence-corrected chi connectivity index (χ1v) is 8.05. The molecule has 0 aliphatic heterocycles. The summed E-state index contributed by atoms with van der Waals surface area (Å²) in [5.41, 5.74) is 2.83. The highest BCUT2D eigenvalue weighted by Gasteiger charge is 2.62. The van der Waals surface area contributed by atoms with Gasteiger partial charge in [0.25, 0.3) is 0 Å². The van der Waals surface area contributed by atoms with E-state index in [0.29, 0.717) is 12.0 Å². The molecule has 3 rings (SSSR count). The van der Waals surface area contributed by atoms with Crippen molar-refractivity contribution in [2.45, 2.75) is 32.3 Å². The van der Waals surface area contributed by atoms with Gasteiger partial charge in [0, 0.05) is 32.2 Å². The minimum Gasteiger partial charge on any atom is -0.378 e. The van der Waals surface area contributed by atoms with Crippen molar-refractivity contribution in [2.75, 3.05) is 25.6 Å². The van der Waals surface area contributed by atoms with Crippen LogP contribution in [0.2, 0.25) is 0 Å². The third-order valence-electron chi connectivity index (χ3n) is 5.14. The molecular weight excluding hydrogens is 286 g/mol. The fourth-order valence-electron chi connectivity index (χ4n) is 3.63. The number of aromatic nitrogens is 2. The maximum atomic E-state index is 5.17. The summed E-state index contributed by atoms with van der Waals surface area (Å²) < 4.78 is 5.17. The minimum absolute atomic E-state index is 0.190. The first kappa shape index (κ1) is 15.9. The van der Waals surface area contributed by atoms with Crippen LogP contribution in [0.15, 0.2) is 42.7 Å². The van der Waals surface area contributed by atoms with Crippen LogP contribution in [0.5, 0.6) is 0 Å². The van der Waals surface area contributed by atoms with Crippen molar-refractivity contribution in [3.05, 3.63) is 54.0 Å². The highest BCUT2D eigenvalue weighted by atomic mass is 16.5. The van der Waals surface area contributed by atoms with Crippen molar-refractivity contribution in [2.24, 2.45) is 5.41 Å². The first-order chi connectivity index (χ1) is 11.0. The number of rotatable bonds is 6. The molecule has 0 saturated heterocycles. The van der Waals surface area contributed by atoms with Crippen LogP contribution in [0.3, 0.4) is 0 Å².